The Morgan fingerprint density at radius 2 is 1.80 bits per heavy atom. The number of para-hydroxylation sites is 1. The van der Waals surface area contributed by atoms with Crippen molar-refractivity contribution < 1.29 is 14.0 Å². The van der Waals surface area contributed by atoms with Gasteiger partial charge in [0.05, 0.1) is 23.4 Å². The maximum Gasteiger partial charge on any atom is 0.264 e. The van der Waals surface area contributed by atoms with E-state index >= 15 is 0 Å². The number of benzene rings is 2. The van der Waals surface area contributed by atoms with Crippen molar-refractivity contribution >= 4 is 21.6 Å². The summed E-state index contributed by atoms with van der Waals surface area (Å²) in [7, 11) is 1.63. The van der Waals surface area contributed by atoms with E-state index in [1.165, 1.54) is 0 Å². The Bertz CT molecular complexity index is 1290. The fraction of sp³-hybridized carbons (Fsp3) is 0.136. The fourth-order valence-corrected chi connectivity index (χ4v) is 4.24. The van der Waals surface area contributed by atoms with E-state index in [0.29, 0.717) is 17.5 Å². The number of hydrogen-bond acceptors (Lipinski definition) is 7. The van der Waals surface area contributed by atoms with Gasteiger partial charge >= 0.3 is 0 Å². The Hall–Kier alpha value is -3.65. The Balaban J connectivity index is 1.38. The second-order valence-electron chi connectivity index (χ2n) is 6.64. The van der Waals surface area contributed by atoms with Crippen LogP contribution in [0.5, 0.6) is 11.5 Å². The van der Waals surface area contributed by atoms with Crippen molar-refractivity contribution in [3.8, 4) is 27.9 Å². The van der Waals surface area contributed by atoms with Gasteiger partial charge in [-0.1, -0.05) is 23.4 Å². The van der Waals surface area contributed by atoms with Gasteiger partial charge in [0, 0.05) is 5.39 Å². The van der Waals surface area contributed by atoms with Gasteiger partial charge in [0.15, 0.2) is 6.61 Å². The lowest BCUT2D eigenvalue weighted by atomic mass is 10.3. The first kappa shape index (κ1) is 18.4. The molecule has 0 amide bonds. The third-order valence-electron chi connectivity index (χ3n) is 4.66. The van der Waals surface area contributed by atoms with Crippen LogP contribution in [-0.4, -0.2) is 27.0 Å². The van der Waals surface area contributed by atoms with Crippen molar-refractivity contribution in [3.63, 3.8) is 0 Å². The van der Waals surface area contributed by atoms with Crippen LogP contribution in [-0.2, 0) is 6.61 Å². The fourth-order valence-electron chi connectivity index (χ4n) is 3.13. The lowest BCUT2D eigenvalue weighted by Gasteiger charge is -2.04. The van der Waals surface area contributed by atoms with Crippen LogP contribution in [0.2, 0.25) is 0 Å². The smallest absolute Gasteiger partial charge is 0.264 e. The summed E-state index contributed by atoms with van der Waals surface area (Å²) in [6.45, 7) is 2.20. The van der Waals surface area contributed by atoms with E-state index in [2.05, 4.69) is 21.3 Å². The molecule has 0 radical (unpaired) electrons. The molecule has 0 spiro atoms. The minimum Gasteiger partial charge on any atom is -0.497 e. The van der Waals surface area contributed by atoms with Crippen LogP contribution in [0.3, 0.4) is 0 Å². The zero-order valence-electron chi connectivity index (χ0n) is 16.4. The van der Waals surface area contributed by atoms with E-state index in [1.54, 1.807) is 18.4 Å². The highest BCUT2D eigenvalue weighted by atomic mass is 32.1. The van der Waals surface area contributed by atoms with Crippen LogP contribution in [0.4, 0.5) is 0 Å². The summed E-state index contributed by atoms with van der Waals surface area (Å²) in [5, 5.41) is 9.88. The van der Waals surface area contributed by atoms with Crippen molar-refractivity contribution in [1.82, 2.24) is 19.9 Å². The molecule has 3 aromatic heterocycles. The van der Waals surface area contributed by atoms with Gasteiger partial charge in [0.1, 0.15) is 16.3 Å². The Morgan fingerprint density at radius 1 is 1.03 bits per heavy atom. The summed E-state index contributed by atoms with van der Waals surface area (Å²) >= 11 is 1.59. The maximum absolute atomic E-state index is 5.72. The number of methoxy groups -OCH3 is 1. The highest BCUT2D eigenvalue weighted by Crippen LogP contribution is 2.35. The summed E-state index contributed by atoms with van der Waals surface area (Å²) in [4.78, 5) is 6.47. The number of hydrogen-bond donors (Lipinski definition) is 0. The summed E-state index contributed by atoms with van der Waals surface area (Å²) in [5.74, 6) is 2.44. The van der Waals surface area contributed by atoms with Crippen LogP contribution >= 0.6 is 11.3 Å². The van der Waals surface area contributed by atoms with Gasteiger partial charge in [-0.3, -0.25) is 0 Å². The molecule has 30 heavy (non-hydrogen) atoms. The third kappa shape index (κ3) is 3.42. The van der Waals surface area contributed by atoms with Gasteiger partial charge in [-0.2, -0.15) is 10.1 Å². The molecule has 0 atom stereocenters. The molecule has 2 aromatic carbocycles. The van der Waals surface area contributed by atoms with E-state index < -0.39 is 0 Å². The molecule has 0 unspecified atom stereocenters. The van der Waals surface area contributed by atoms with Crippen LogP contribution < -0.4 is 9.47 Å². The largest absolute Gasteiger partial charge is 0.497 e. The van der Waals surface area contributed by atoms with E-state index in [0.717, 1.165) is 32.2 Å². The summed E-state index contributed by atoms with van der Waals surface area (Å²) in [6.07, 6.45) is 0. The van der Waals surface area contributed by atoms with Gasteiger partial charge in [-0.15, -0.1) is 11.3 Å². The zero-order chi connectivity index (χ0) is 20.5. The monoisotopic (exact) mass is 418 g/mol. The second-order valence-corrected chi connectivity index (χ2v) is 7.67. The van der Waals surface area contributed by atoms with Crippen molar-refractivity contribution in [2.45, 2.75) is 13.5 Å². The van der Waals surface area contributed by atoms with Crippen LogP contribution in [0.25, 0.3) is 26.6 Å². The van der Waals surface area contributed by atoms with Gasteiger partial charge in [0.2, 0.25) is 5.82 Å². The molecule has 0 saturated carbocycles. The van der Waals surface area contributed by atoms with Crippen molar-refractivity contribution in [3.05, 3.63) is 72.2 Å². The normalized spacial score (nSPS) is 11.1. The number of fused-ring (bicyclic) bond motifs is 1. The topological polar surface area (TPSA) is 75.2 Å². The molecule has 0 N–H and O–H groups in total. The molecular weight excluding hydrogens is 400 g/mol. The zero-order valence-corrected chi connectivity index (χ0v) is 17.2. The first-order chi connectivity index (χ1) is 14.7. The van der Waals surface area contributed by atoms with E-state index in [9.17, 15) is 0 Å². The lowest BCUT2D eigenvalue weighted by molar-refractivity contribution is 0.242. The van der Waals surface area contributed by atoms with Crippen LogP contribution in [0.1, 0.15) is 11.6 Å². The number of rotatable bonds is 6. The maximum atomic E-state index is 5.72. The quantitative estimate of drug-likeness (QED) is 0.385. The molecule has 0 bridgehead atoms. The summed E-state index contributed by atoms with van der Waals surface area (Å²) < 4.78 is 18.2. The van der Waals surface area contributed by atoms with Crippen molar-refractivity contribution in [1.29, 1.82) is 0 Å². The number of nitrogens with zero attached hydrogens (tertiary/aromatic N) is 4. The molecule has 0 aliphatic carbocycles. The van der Waals surface area contributed by atoms with Crippen molar-refractivity contribution in [2.75, 3.05) is 7.11 Å². The second kappa shape index (κ2) is 7.64. The predicted molar refractivity (Wildman–Crippen MR) is 114 cm³/mol. The first-order valence-corrected chi connectivity index (χ1v) is 10.2. The van der Waals surface area contributed by atoms with Crippen molar-refractivity contribution in [2.24, 2.45) is 0 Å². The Morgan fingerprint density at radius 3 is 2.57 bits per heavy atom. The molecule has 8 heteroatoms. The molecule has 3 heterocycles. The summed E-state index contributed by atoms with van der Waals surface area (Å²) in [5.41, 5.74) is 1.98. The third-order valence-corrected chi connectivity index (χ3v) is 5.76. The predicted octanol–water partition coefficient (Wildman–Crippen LogP) is 5.03. The molecule has 0 fully saturated rings. The van der Waals surface area contributed by atoms with Gasteiger partial charge in [0.25, 0.3) is 5.89 Å². The van der Waals surface area contributed by atoms with E-state index in [1.807, 2.05) is 66.2 Å². The van der Waals surface area contributed by atoms with E-state index in [-0.39, 0.29) is 6.61 Å². The van der Waals surface area contributed by atoms with Crippen LogP contribution in [0.15, 0.2) is 65.2 Å². The number of aromatic nitrogens is 4. The lowest BCUT2D eigenvalue weighted by Crippen LogP contribution is -1.95. The standard InChI is InChI=1S/C22H18N4O3S/c1-14-18-12-19(30-22(18)26(24-14)15-6-4-3-5-7-15)21-23-20(29-25-21)13-28-17-10-8-16(27-2)9-11-17/h3-12H,13H2,1-2H3. The number of thiophene rings is 1. The molecule has 5 aromatic rings. The molecule has 7 nitrogen and oxygen atoms in total. The number of aryl methyl sites for hydroxylation is 1. The Labute approximate surface area is 176 Å². The average molecular weight is 418 g/mol. The average Bonchev–Trinajstić information content (AvgIpc) is 3.50. The molecule has 0 saturated heterocycles. The van der Waals surface area contributed by atoms with Crippen LogP contribution in [0, 0.1) is 6.92 Å². The molecule has 0 aliphatic heterocycles. The highest BCUT2D eigenvalue weighted by Gasteiger charge is 2.17. The Kier molecular flexibility index (Phi) is 4.68. The molecule has 0 aliphatic rings. The van der Waals surface area contributed by atoms with E-state index in [4.69, 9.17) is 14.0 Å². The molecule has 150 valence electrons. The molecule has 5 rings (SSSR count). The SMILES string of the molecule is COc1ccc(OCc2nc(-c3cc4c(C)nn(-c5ccccc5)c4s3)no2)cc1. The van der Waals surface area contributed by atoms with Gasteiger partial charge < -0.3 is 14.0 Å². The number of ether oxygens (including phenoxy) is 2. The molecular formula is C22H18N4O3S. The van der Waals surface area contributed by atoms with Gasteiger partial charge in [-0.05, 0) is 49.4 Å². The minimum atomic E-state index is 0.195. The van der Waals surface area contributed by atoms with Gasteiger partial charge in [-0.25, -0.2) is 4.68 Å². The summed E-state index contributed by atoms with van der Waals surface area (Å²) in [6, 6.07) is 19.5. The first-order valence-electron chi connectivity index (χ1n) is 9.35. The highest BCUT2D eigenvalue weighted by molar-refractivity contribution is 7.21. The minimum absolute atomic E-state index is 0.195.